The van der Waals surface area contributed by atoms with Crippen molar-refractivity contribution in [2.75, 3.05) is 51.8 Å². The van der Waals surface area contributed by atoms with E-state index in [1.807, 2.05) is 23.1 Å². The van der Waals surface area contributed by atoms with Crippen molar-refractivity contribution in [2.45, 2.75) is 6.42 Å². The summed E-state index contributed by atoms with van der Waals surface area (Å²) in [7, 11) is 3.27. The van der Waals surface area contributed by atoms with Gasteiger partial charge in [-0.3, -0.25) is 0 Å². The zero-order chi connectivity index (χ0) is 19.9. The number of methoxy groups -OCH3 is 2. The lowest BCUT2D eigenvalue weighted by Gasteiger charge is -2.36. The highest BCUT2D eigenvalue weighted by molar-refractivity contribution is 5.74. The molecule has 0 spiro atoms. The van der Waals surface area contributed by atoms with Gasteiger partial charge in [-0.2, -0.15) is 0 Å². The summed E-state index contributed by atoms with van der Waals surface area (Å²) in [6.07, 6.45) is 0.676. The summed E-state index contributed by atoms with van der Waals surface area (Å²) in [4.78, 5) is 16.4. The molecule has 1 aliphatic rings. The highest BCUT2D eigenvalue weighted by atomic mass is 19.1. The minimum atomic E-state index is -0.251. The number of benzene rings is 2. The van der Waals surface area contributed by atoms with E-state index in [1.54, 1.807) is 26.4 Å². The minimum Gasteiger partial charge on any atom is -0.497 e. The molecule has 0 saturated carbocycles. The molecule has 6 nitrogen and oxygen atoms in total. The molecule has 28 heavy (non-hydrogen) atoms. The van der Waals surface area contributed by atoms with E-state index in [4.69, 9.17) is 9.47 Å². The Balaban J connectivity index is 1.48. The van der Waals surface area contributed by atoms with Crippen LogP contribution >= 0.6 is 0 Å². The van der Waals surface area contributed by atoms with Crippen LogP contribution in [0.5, 0.6) is 11.5 Å². The van der Waals surface area contributed by atoms with Crippen LogP contribution in [-0.2, 0) is 6.42 Å². The van der Waals surface area contributed by atoms with Gasteiger partial charge < -0.3 is 24.6 Å². The molecule has 0 aliphatic carbocycles. The number of anilines is 1. The fourth-order valence-corrected chi connectivity index (χ4v) is 3.27. The van der Waals surface area contributed by atoms with Crippen molar-refractivity contribution in [3.63, 3.8) is 0 Å². The van der Waals surface area contributed by atoms with Crippen molar-refractivity contribution in [1.82, 2.24) is 10.2 Å². The van der Waals surface area contributed by atoms with Crippen LogP contribution in [0.15, 0.2) is 42.5 Å². The Morgan fingerprint density at radius 2 is 1.75 bits per heavy atom. The average molecular weight is 387 g/mol. The molecule has 1 saturated heterocycles. The quantitative estimate of drug-likeness (QED) is 0.828. The number of ether oxygens (including phenoxy) is 2. The fraction of sp³-hybridized carbons (Fsp3) is 0.381. The standard InChI is InChI=1S/C21H26FN3O3/c1-27-18-7-8-19(20(15-18)28-2)24-11-13-25(14-12-24)21(26)23-10-9-16-3-5-17(22)6-4-16/h3-8,15H,9-14H2,1-2H3,(H,23,26). The van der Waals surface area contributed by atoms with E-state index < -0.39 is 0 Å². The van der Waals surface area contributed by atoms with Gasteiger partial charge in [-0.05, 0) is 36.2 Å². The molecule has 3 rings (SSSR count). The van der Waals surface area contributed by atoms with Gasteiger partial charge in [-0.25, -0.2) is 9.18 Å². The van der Waals surface area contributed by atoms with E-state index in [9.17, 15) is 9.18 Å². The third-order valence-corrected chi connectivity index (χ3v) is 4.90. The maximum Gasteiger partial charge on any atom is 0.317 e. The molecular formula is C21H26FN3O3. The van der Waals surface area contributed by atoms with Crippen molar-refractivity contribution in [1.29, 1.82) is 0 Å². The van der Waals surface area contributed by atoms with Crippen LogP contribution in [0.1, 0.15) is 5.56 Å². The molecule has 0 atom stereocenters. The molecule has 1 heterocycles. The Bertz CT molecular complexity index is 790. The number of nitrogens with one attached hydrogen (secondary N) is 1. The Hall–Kier alpha value is -2.96. The number of urea groups is 1. The van der Waals surface area contributed by atoms with Gasteiger partial charge in [0, 0.05) is 38.8 Å². The van der Waals surface area contributed by atoms with Crippen LogP contribution in [0.3, 0.4) is 0 Å². The van der Waals surface area contributed by atoms with Crippen molar-refractivity contribution in [3.8, 4) is 11.5 Å². The van der Waals surface area contributed by atoms with E-state index in [2.05, 4.69) is 10.2 Å². The van der Waals surface area contributed by atoms with Gasteiger partial charge in [-0.1, -0.05) is 12.1 Å². The first-order valence-electron chi connectivity index (χ1n) is 9.35. The van der Waals surface area contributed by atoms with Crippen LogP contribution in [-0.4, -0.2) is 57.9 Å². The summed E-state index contributed by atoms with van der Waals surface area (Å²) in [5.41, 5.74) is 2.00. The molecule has 7 heteroatoms. The number of rotatable bonds is 6. The zero-order valence-corrected chi connectivity index (χ0v) is 16.3. The summed E-state index contributed by atoms with van der Waals surface area (Å²) >= 11 is 0. The maximum absolute atomic E-state index is 12.9. The normalized spacial score (nSPS) is 14.0. The van der Waals surface area contributed by atoms with Crippen LogP contribution in [0, 0.1) is 5.82 Å². The first kappa shape index (κ1) is 19.8. The Labute approximate surface area is 164 Å². The highest BCUT2D eigenvalue weighted by Crippen LogP contribution is 2.32. The molecule has 1 N–H and O–H groups in total. The molecular weight excluding hydrogens is 361 g/mol. The van der Waals surface area contributed by atoms with Gasteiger partial charge in [0.15, 0.2) is 0 Å². The lowest BCUT2D eigenvalue weighted by molar-refractivity contribution is 0.194. The molecule has 0 bridgehead atoms. The fourth-order valence-electron chi connectivity index (χ4n) is 3.27. The van der Waals surface area contributed by atoms with Gasteiger partial charge in [0.25, 0.3) is 0 Å². The van der Waals surface area contributed by atoms with Gasteiger partial charge in [0.2, 0.25) is 0 Å². The van der Waals surface area contributed by atoms with Crippen LogP contribution in [0.25, 0.3) is 0 Å². The van der Waals surface area contributed by atoms with Gasteiger partial charge in [-0.15, -0.1) is 0 Å². The monoisotopic (exact) mass is 387 g/mol. The highest BCUT2D eigenvalue weighted by Gasteiger charge is 2.23. The van der Waals surface area contributed by atoms with E-state index in [0.29, 0.717) is 26.1 Å². The second kappa shape index (κ2) is 9.30. The number of hydrogen-bond acceptors (Lipinski definition) is 4. The Kier molecular flexibility index (Phi) is 6.57. The predicted molar refractivity (Wildman–Crippen MR) is 107 cm³/mol. The number of carbonyl (C=O) groups is 1. The lowest BCUT2D eigenvalue weighted by Crippen LogP contribution is -2.52. The lowest BCUT2D eigenvalue weighted by atomic mass is 10.1. The number of amides is 2. The molecule has 1 aliphatic heterocycles. The van der Waals surface area contributed by atoms with Crippen molar-refractivity contribution < 1.29 is 18.7 Å². The third kappa shape index (κ3) is 4.85. The third-order valence-electron chi connectivity index (χ3n) is 4.90. The number of carbonyl (C=O) groups excluding carboxylic acids is 1. The molecule has 0 aromatic heterocycles. The molecule has 1 fully saturated rings. The molecule has 150 valence electrons. The first-order valence-corrected chi connectivity index (χ1v) is 9.35. The summed E-state index contributed by atoms with van der Waals surface area (Å²) < 4.78 is 23.6. The second-order valence-electron chi connectivity index (χ2n) is 6.62. The minimum absolute atomic E-state index is 0.0662. The van der Waals surface area contributed by atoms with E-state index >= 15 is 0 Å². The second-order valence-corrected chi connectivity index (χ2v) is 6.62. The van der Waals surface area contributed by atoms with E-state index in [1.165, 1.54) is 12.1 Å². The van der Waals surface area contributed by atoms with Gasteiger partial charge >= 0.3 is 6.03 Å². The van der Waals surface area contributed by atoms with E-state index in [-0.39, 0.29) is 11.8 Å². The molecule has 0 radical (unpaired) electrons. The van der Waals surface area contributed by atoms with Crippen molar-refractivity contribution in [2.24, 2.45) is 0 Å². The van der Waals surface area contributed by atoms with Crippen LogP contribution < -0.4 is 19.7 Å². The summed E-state index contributed by atoms with van der Waals surface area (Å²) in [5, 5.41) is 2.94. The summed E-state index contributed by atoms with van der Waals surface area (Å²) in [6.45, 7) is 3.26. The summed E-state index contributed by atoms with van der Waals surface area (Å²) in [6, 6.07) is 12.0. The smallest absolute Gasteiger partial charge is 0.317 e. The van der Waals surface area contributed by atoms with Gasteiger partial charge in [0.05, 0.1) is 19.9 Å². The first-order chi connectivity index (χ1) is 13.6. The predicted octanol–water partition coefficient (Wildman–Crippen LogP) is 2.92. The molecule has 2 aromatic rings. The van der Waals surface area contributed by atoms with E-state index in [0.717, 1.165) is 35.8 Å². The SMILES string of the molecule is COc1ccc(N2CCN(C(=O)NCCc3ccc(F)cc3)CC2)c(OC)c1. The average Bonchev–Trinajstić information content (AvgIpc) is 2.74. The number of halogens is 1. The number of piperazine rings is 1. The Morgan fingerprint density at radius 3 is 2.39 bits per heavy atom. The largest absolute Gasteiger partial charge is 0.497 e. The zero-order valence-electron chi connectivity index (χ0n) is 16.3. The Morgan fingerprint density at radius 1 is 1.04 bits per heavy atom. The number of hydrogen-bond donors (Lipinski definition) is 1. The van der Waals surface area contributed by atoms with Crippen LogP contribution in [0.2, 0.25) is 0 Å². The molecule has 0 unspecified atom stereocenters. The maximum atomic E-state index is 12.9. The van der Waals surface area contributed by atoms with Crippen LogP contribution in [0.4, 0.5) is 14.9 Å². The topological polar surface area (TPSA) is 54.0 Å². The molecule has 2 amide bonds. The van der Waals surface area contributed by atoms with Crippen molar-refractivity contribution in [3.05, 3.63) is 53.8 Å². The summed E-state index contributed by atoms with van der Waals surface area (Å²) in [5.74, 6) is 1.26. The molecule has 2 aromatic carbocycles. The van der Waals surface area contributed by atoms with Crippen molar-refractivity contribution >= 4 is 11.7 Å². The number of nitrogens with zero attached hydrogens (tertiary/aromatic N) is 2. The van der Waals surface area contributed by atoms with Gasteiger partial charge in [0.1, 0.15) is 17.3 Å².